The van der Waals surface area contributed by atoms with E-state index in [9.17, 15) is 0 Å². The minimum Gasteiger partial charge on any atom is -0.370 e. The van der Waals surface area contributed by atoms with Crippen molar-refractivity contribution in [2.24, 2.45) is 0 Å². The molecule has 0 aromatic rings. The van der Waals surface area contributed by atoms with Crippen molar-refractivity contribution in [2.45, 2.75) is 39.0 Å². The second-order valence-corrected chi connectivity index (χ2v) is 4.77. The van der Waals surface area contributed by atoms with Gasteiger partial charge in [0.15, 0.2) is 0 Å². The van der Waals surface area contributed by atoms with Gasteiger partial charge in [-0.05, 0) is 33.2 Å². The Morgan fingerprint density at radius 1 is 1.19 bits per heavy atom. The van der Waals surface area contributed by atoms with Crippen molar-refractivity contribution in [3.63, 3.8) is 0 Å². The molecular formula is C12H24N4. The predicted molar refractivity (Wildman–Crippen MR) is 66.7 cm³/mol. The summed E-state index contributed by atoms with van der Waals surface area (Å²) in [6.45, 7) is 9.21. The van der Waals surface area contributed by atoms with Crippen molar-refractivity contribution < 1.29 is 0 Å². The summed E-state index contributed by atoms with van der Waals surface area (Å²) in [6.07, 6.45) is 7.82. The fraction of sp³-hybridized carbons (Fsp3) is 0.833. The Kier molecular flexibility index (Phi) is 4.07. The molecule has 0 bridgehead atoms. The maximum atomic E-state index is 3.45. The summed E-state index contributed by atoms with van der Waals surface area (Å²) in [7, 11) is 0. The van der Waals surface area contributed by atoms with Crippen LogP contribution in [0.1, 0.15) is 26.7 Å². The van der Waals surface area contributed by atoms with Gasteiger partial charge in [0, 0.05) is 32.0 Å². The van der Waals surface area contributed by atoms with E-state index in [2.05, 4.69) is 40.5 Å². The summed E-state index contributed by atoms with van der Waals surface area (Å²) < 4.78 is 0. The van der Waals surface area contributed by atoms with Crippen molar-refractivity contribution >= 4 is 0 Å². The number of nitrogens with zero attached hydrogens (tertiary/aromatic N) is 2. The molecule has 0 aromatic heterocycles. The van der Waals surface area contributed by atoms with Crippen LogP contribution in [0.5, 0.6) is 0 Å². The zero-order chi connectivity index (χ0) is 11.4. The lowest BCUT2D eigenvalue weighted by molar-refractivity contribution is 0.239. The van der Waals surface area contributed by atoms with Crippen LogP contribution in [0.2, 0.25) is 0 Å². The first kappa shape index (κ1) is 11.7. The monoisotopic (exact) mass is 224 g/mol. The van der Waals surface area contributed by atoms with Crippen molar-refractivity contribution in [2.75, 3.05) is 26.2 Å². The normalized spacial score (nSPS) is 30.0. The van der Waals surface area contributed by atoms with E-state index in [-0.39, 0.29) is 0 Å². The average Bonchev–Trinajstić information content (AvgIpc) is 2.84. The Bertz CT molecular complexity index is 241. The quantitative estimate of drug-likeness (QED) is 0.674. The smallest absolute Gasteiger partial charge is 0.0952 e. The summed E-state index contributed by atoms with van der Waals surface area (Å²) >= 11 is 0. The molecule has 92 valence electrons. The molecule has 0 spiro atoms. The third kappa shape index (κ3) is 2.89. The first-order valence-corrected chi connectivity index (χ1v) is 6.43. The standard InChI is InChI=1S/C12H24N4/c1-11-13-5-9-15(11)7-3-4-8-16-10-6-14-12(16)2/h5,9,11-14H,3-4,6-8,10H2,1-2H3. The maximum Gasteiger partial charge on any atom is 0.0952 e. The first-order chi connectivity index (χ1) is 7.77. The number of hydrogen-bond acceptors (Lipinski definition) is 4. The Morgan fingerprint density at radius 3 is 2.62 bits per heavy atom. The molecule has 4 nitrogen and oxygen atoms in total. The summed E-state index contributed by atoms with van der Waals surface area (Å²) in [5.74, 6) is 0. The molecule has 1 saturated heterocycles. The first-order valence-electron chi connectivity index (χ1n) is 6.43. The Labute approximate surface area is 98.7 Å². The molecule has 2 rings (SSSR count). The van der Waals surface area contributed by atoms with E-state index in [1.165, 1.54) is 32.5 Å². The van der Waals surface area contributed by atoms with Gasteiger partial charge in [-0.1, -0.05) is 0 Å². The largest absolute Gasteiger partial charge is 0.370 e. The van der Waals surface area contributed by atoms with E-state index in [4.69, 9.17) is 0 Å². The van der Waals surface area contributed by atoms with Gasteiger partial charge in [0.2, 0.25) is 0 Å². The van der Waals surface area contributed by atoms with Crippen LogP contribution in [0, 0.1) is 0 Å². The molecule has 2 aliphatic heterocycles. The zero-order valence-electron chi connectivity index (χ0n) is 10.4. The molecule has 0 saturated carbocycles. The van der Waals surface area contributed by atoms with Gasteiger partial charge in [-0.15, -0.1) is 0 Å². The van der Waals surface area contributed by atoms with Crippen molar-refractivity contribution in [1.82, 2.24) is 20.4 Å². The van der Waals surface area contributed by atoms with Gasteiger partial charge in [0.05, 0.1) is 12.3 Å². The highest BCUT2D eigenvalue weighted by Gasteiger charge is 2.18. The molecule has 4 heteroatoms. The minimum absolute atomic E-state index is 0.479. The van der Waals surface area contributed by atoms with Crippen LogP contribution in [0.15, 0.2) is 12.4 Å². The average molecular weight is 224 g/mol. The van der Waals surface area contributed by atoms with E-state index in [0.29, 0.717) is 12.3 Å². The second kappa shape index (κ2) is 5.55. The van der Waals surface area contributed by atoms with Gasteiger partial charge >= 0.3 is 0 Å². The molecule has 2 atom stereocenters. The van der Waals surface area contributed by atoms with Crippen LogP contribution in [0.25, 0.3) is 0 Å². The molecule has 2 heterocycles. The molecule has 2 unspecified atom stereocenters. The third-order valence-corrected chi connectivity index (χ3v) is 3.60. The van der Waals surface area contributed by atoms with E-state index in [0.717, 1.165) is 6.54 Å². The number of nitrogens with one attached hydrogen (secondary N) is 2. The fourth-order valence-corrected chi connectivity index (χ4v) is 2.43. The van der Waals surface area contributed by atoms with E-state index < -0.39 is 0 Å². The third-order valence-electron chi connectivity index (χ3n) is 3.60. The Morgan fingerprint density at radius 2 is 2.00 bits per heavy atom. The molecule has 0 aliphatic carbocycles. The lowest BCUT2D eigenvalue weighted by Gasteiger charge is -2.23. The van der Waals surface area contributed by atoms with Crippen LogP contribution < -0.4 is 10.6 Å². The fourth-order valence-electron chi connectivity index (χ4n) is 2.43. The molecule has 0 amide bonds. The number of unbranched alkanes of at least 4 members (excludes halogenated alkanes) is 1. The Hall–Kier alpha value is -0.740. The van der Waals surface area contributed by atoms with Crippen LogP contribution in [0.3, 0.4) is 0 Å². The zero-order valence-corrected chi connectivity index (χ0v) is 10.4. The number of hydrogen-bond donors (Lipinski definition) is 2. The predicted octanol–water partition coefficient (Wildman–Crippen LogP) is 0.740. The highest BCUT2D eigenvalue weighted by Crippen LogP contribution is 2.08. The second-order valence-electron chi connectivity index (χ2n) is 4.77. The lowest BCUT2D eigenvalue weighted by atomic mass is 10.2. The molecule has 16 heavy (non-hydrogen) atoms. The maximum absolute atomic E-state index is 3.45. The molecule has 0 aromatic carbocycles. The van der Waals surface area contributed by atoms with E-state index in [1.54, 1.807) is 0 Å². The molecule has 2 N–H and O–H groups in total. The highest BCUT2D eigenvalue weighted by atomic mass is 15.3. The minimum atomic E-state index is 0.479. The Balaban J connectivity index is 1.56. The topological polar surface area (TPSA) is 30.5 Å². The van der Waals surface area contributed by atoms with Crippen molar-refractivity contribution in [3.05, 3.63) is 12.4 Å². The van der Waals surface area contributed by atoms with Gasteiger partial charge in [-0.3, -0.25) is 4.90 Å². The van der Waals surface area contributed by atoms with Crippen LogP contribution in [0.4, 0.5) is 0 Å². The number of rotatable bonds is 5. The van der Waals surface area contributed by atoms with E-state index >= 15 is 0 Å². The van der Waals surface area contributed by atoms with Gasteiger partial charge < -0.3 is 15.5 Å². The highest BCUT2D eigenvalue weighted by molar-refractivity contribution is 4.92. The van der Waals surface area contributed by atoms with Gasteiger partial charge in [-0.25, -0.2) is 0 Å². The summed E-state index contributed by atoms with van der Waals surface area (Å²) in [5, 5.41) is 6.74. The van der Waals surface area contributed by atoms with E-state index in [1.807, 2.05) is 6.20 Å². The summed E-state index contributed by atoms with van der Waals surface area (Å²) in [6, 6.07) is 0. The van der Waals surface area contributed by atoms with Crippen molar-refractivity contribution in [1.29, 1.82) is 0 Å². The van der Waals surface area contributed by atoms with Gasteiger partial charge in [0.25, 0.3) is 0 Å². The SMILES string of the molecule is CC1NC=CN1CCCCN1CCNC1C. The summed E-state index contributed by atoms with van der Waals surface area (Å²) in [5.41, 5.74) is 0. The lowest BCUT2D eigenvalue weighted by Crippen LogP contribution is -2.35. The van der Waals surface area contributed by atoms with Crippen molar-refractivity contribution in [3.8, 4) is 0 Å². The summed E-state index contributed by atoms with van der Waals surface area (Å²) in [4.78, 5) is 4.90. The van der Waals surface area contributed by atoms with Crippen LogP contribution in [-0.2, 0) is 0 Å². The molecule has 1 fully saturated rings. The molecule has 2 aliphatic rings. The van der Waals surface area contributed by atoms with Crippen LogP contribution >= 0.6 is 0 Å². The van der Waals surface area contributed by atoms with Gasteiger partial charge in [-0.2, -0.15) is 0 Å². The van der Waals surface area contributed by atoms with Gasteiger partial charge in [0.1, 0.15) is 0 Å². The molecular weight excluding hydrogens is 200 g/mol. The molecule has 0 radical (unpaired) electrons. The van der Waals surface area contributed by atoms with Crippen LogP contribution in [-0.4, -0.2) is 48.3 Å².